The number of fused-ring (bicyclic) bond motifs is 1. The highest BCUT2D eigenvalue weighted by molar-refractivity contribution is 7.21. The average Bonchev–Trinajstić information content (AvgIpc) is 3.23. The summed E-state index contributed by atoms with van der Waals surface area (Å²) < 4.78 is 1.08. The molecule has 0 spiro atoms. The number of aromatic amines is 1. The number of hydrogen-bond donors (Lipinski definition) is 3. The van der Waals surface area contributed by atoms with Crippen LogP contribution in [0.1, 0.15) is 44.3 Å². The van der Waals surface area contributed by atoms with Crippen molar-refractivity contribution >= 4 is 27.4 Å². The van der Waals surface area contributed by atoms with E-state index in [0.717, 1.165) is 79.5 Å². The molecule has 2 aromatic heterocycles. The Hall–Kier alpha value is -2.29. The minimum Gasteiger partial charge on any atom is -0.365 e. The van der Waals surface area contributed by atoms with Crippen molar-refractivity contribution in [1.29, 1.82) is 0 Å². The Morgan fingerprint density at radius 1 is 1.19 bits per heavy atom. The molecule has 1 aromatic carbocycles. The number of piperidine rings is 2. The number of likely N-dealkylation sites (tertiary alicyclic amines) is 1. The molecule has 3 N–H and O–H groups in total. The Labute approximate surface area is 186 Å². The van der Waals surface area contributed by atoms with Gasteiger partial charge in [0.05, 0.1) is 10.2 Å². The molecule has 2 aliphatic rings. The van der Waals surface area contributed by atoms with Gasteiger partial charge in [0, 0.05) is 18.5 Å². The van der Waals surface area contributed by atoms with Crippen molar-refractivity contribution in [2.45, 2.75) is 44.6 Å². The lowest BCUT2D eigenvalue weighted by atomic mass is 9.96. The fraction of sp³-hybridized carbons (Fsp3) is 0.522. The summed E-state index contributed by atoms with van der Waals surface area (Å²) in [6.45, 7) is 7.33. The fourth-order valence-electron chi connectivity index (χ4n) is 4.66. The zero-order chi connectivity index (χ0) is 21.2. The van der Waals surface area contributed by atoms with Gasteiger partial charge in [-0.15, -0.1) is 11.3 Å². The summed E-state index contributed by atoms with van der Waals surface area (Å²) in [5.74, 6) is 1.80. The van der Waals surface area contributed by atoms with E-state index in [-0.39, 0.29) is 11.6 Å². The van der Waals surface area contributed by atoms with Gasteiger partial charge in [-0.3, -0.25) is 4.79 Å². The molecule has 5 rings (SSSR count). The first kappa shape index (κ1) is 20.6. The van der Waals surface area contributed by atoms with E-state index < -0.39 is 0 Å². The quantitative estimate of drug-likeness (QED) is 0.566. The molecule has 8 heteroatoms. The van der Waals surface area contributed by atoms with Crippen LogP contribution in [0.3, 0.4) is 0 Å². The minimum absolute atomic E-state index is 0.0896. The molecule has 7 nitrogen and oxygen atoms in total. The van der Waals surface area contributed by atoms with Crippen LogP contribution in [-0.4, -0.2) is 58.6 Å². The van der Waals surface area contributed by atoms with Gasteiger partial charge in [-0.05, 0) is 64.0 Å². The zero-order valence-electron chi connectivity index (χ0n) is 18.0. The van der Waals surface area contributed by atoms with Crippen molar-refractivity contribution in [3.63, 3.8) is 0 Å². The molecule has 4 heterocycles. The van der Waals surface area contributed by atoms with E-state index in [1.54, 1.807) is 11.3 Å². The van der Waals surface area contributed by atoms with E-state index in [1.807, 2.05) is 24.3 Å². The standard InChI is InChI=1S/C23H30N6OS/c1-2-29-12-9-15(10-13-29)20-27-21(25-16-6-5-11-24-14-16)19(22(30)28-20)23-26-17-7-3-4-8-18(17)31-23/h3-4,7-8,15-16,24H,2,5-6,9-14H2,1H3,(H2,25,27,28,30). The van der Waals surface area contributed by atoms with Crippen LogP contribution in [0.15, 0.2) is 29.1 Å². The molecular formula is C23H30N6OS. The number of thiazole rings is 1. The SMILES string of the molecule is CCN1CCC(c2nc(NC3CCCNC3)c(-c3nc4ccccc4s3)c(=O)[nH]2)CC1. The largest absolute Gasteiger partial charge is 0.365 e. The lowest BCUT2D eigenvalue weighted by Crippen LogP contribution is -2.39. The lowest BCUT2D eigenvalue weighted by molar-refractivity contribution is 0.219. The number of hydrogen-bond acceptors (Lipinski definition) is 7. The highest BCUT2D eigenvalue weighted by Gasteiger charge is 2.26. The van der Waals surface area contributed by atoms with E-state index in [2.05, 4.69) is 27.4 Å². The van der Waals surface area contributed by atoms with Crippen LogP contribution < -0.4 is 16.2 Å². The van der Waals surface area contributed by atoms with Crippen LogP contribution >= 0.6 is 11.3 Å². The number of aromatic nitrogens is 3. The fourth-order valence-corrected chi connectivity index (χ4v) is 5.67. The Kier molecular flexibility index (Phi) is 6.02. The van der Waals surface area contributed by atoms with E-state index in [1.165, 1.54) is 0 Å². The number of rotatable bonds is 5. The first-order valence-corrected chi connectivity index (χ1v) is 12.2. The van der Waals surface area contributed by atoms with Gasteiger partial charge >= 0.3 is 0 Å². The maximum absolute atomic E-state index is 13.3. The summed E-state index contributed by atoms with van der Waals surface area (Å²) >= 11 is 1.55. The lowest BCUT2D eigenvalue weighted by Gasteiger charge is -2.31. The molecule has 3 aromatic rings. The van der Waals surface area contributed by atoms with Crippen molar-refractivity contribution in [2.24, 2.45) is 0 Å². The second-order valence-electron chi connectivity index (χ2n) is 8.56. The van der Waals surface area contributed by atoms with Crippen molar-refractivity contribution in [2.75, 3.05) is 38.0 Å². The zero-order valence-corrected chi connectivity index (χ0v) is 18.8. The predicted octanol–water partition coefficient (Wildman–Crippen LogP) is 3.41. The first-order chi connectivity index (χ1) is 15.2. The third kappa shape index (κ3) is 4.37. The van der Waals surface area contributed by atoms with Gasteiger partial charge in [-0.2, -0.15) is 0 Å². The van der Waals surface area contributed by atoms with Crippen LogP contribution in [0.2, 0.25) is 0 Å². The molecule has 2 saturated heterocycles. The molecule has 0 bridgehead atoms. The first-order valence-electron chi connectivity index (χ1n) is 11.4. The predicted molar refractivity (Wildman–Crippen MR) is 127 cm³/mol. The van der Waals surface area contributed by atoms with Gasteiger partial charge in [0.1, 0.15) is 22.2 Å². The van der Waals surface area contributed by atoms with E-state index in [9.17, 15) is 4.79 Å². The summed E-state index contributed by atoms with van der Waals surface area (Å²) in [6.07, 6.45) is 4.26. The van der Waals surface area contributed by atoms with Gasteiger partial charge in [-0.1, -0.05) is 19.1 Å². The molecule has 2 aliphatic heterocycles. The summed E-state index contributed by atoms with van der Waals surface area (Å²) in [5.41, 5.74) is 1.40. The second kappa shape index (κ2) is 9.06. The van der Waals surface area contributed by atoms with Gasteiger partial charge in [-0.25, -0.2) is 9.97 Å². The molecule has 0 aliphatic carbocycles. The number of anilines is 1. The van der Waals surface area contributed by atoms with Gasteiger partial charge < -0.3 is 20.5 Å². The average molecular weight is 439 g/mol. The summed E-state index contributed by atoms with van der Waals surface area (Å²) in [6, 6.07) is 8.29. The third-order valence-corrected chi connectivity index (χ3v) is 7.56. The maximum atomic E-state index is 13.3. The molecular weight excluding hydrogens is 408 g/mol. The smallest absolute Gasteiger partial charge is 0.263 e. The Bertz CT molecular complexity index is 1060. The van der Waals surface area contributed by atoms with Gasteiger partial charge in [0.15, 0.2) is 0 Å². The molecule has 1 unspecified atom stereocenters. The number of nitrogens with one attached hydrogen (secondary N) is 3. The second-order valence-corrected chi connectivity index (χ2v) is 9.59. The Morgan fingerprint density at radius 2 is 2.03 bits per heavy atom. The highest BCUT2D eigenvalue weighted by Crippen LogP contribution is 2.33. The molecule has 31 heavy (non-hydrogen) atoms. The monoisotopic (exact) mass is 438 g/mol. The van der Waals surface area contributed by atoms with Gasteiger partial charge in [0.25, 0.3) is 5.56 Å². The van der Waals surface area contributed by atoms with E-state index in [0.29, 0.717) is 17.3 Å². The number of nitrogens with zero attached hydrogens (tertiary/aromatic N) is 3. The highest BCUT2D eigenvalue weighted by atomic mass is 32.1. The summed E-state index contributed by atoms with van der Waals surface area (Å²) in [5, 5.41) is 7.77. The molecule has 2 fully saturated rings. The summed E-state index contributed by atoms with van der Waals surface area (Å²) in [4.78, 5) is 28.7. The molecule has 0 amide bonds. The van der Waals surface area contributed by atoms with E-state index >= 15 is 0 Å². The van der Waals surface area contributed by atoms with Crippen molar-refractivity contribution in [1.82, 2.24) is 25.2 Å². The topological polar surface area (TPSA) is 85.9 Å². The van der Waals surface area contributed by atoms with Crippen LogP contribution in [0.4, 0.5) is 5.82 Å². The van der Waals surface area contributed by atoms with Crippen molar-refractivity contribution in [3.8, 4) is 10.6 Å². The maximum Gasteiger partial charge on any atom is 0.263 e. The minimum atomic E-state index is -0.0896. The van der Waals surface area contributed by atoms with Crippen LogP contribution in [0.25, 0.3) is 20.8 Å². The van der Waals surface area contributed by atoms with Crippen molar-refractivity contribution in [3.05, 3.63) is 40.4 Å². The molecule has 0 saturated carbocycles. The van der Waals surface area contributed by atoms with Crippen molar-refractivity contribution < 1.29 is 0 Å². The van der Waals surface area contributed by atoms with Crippen LogP contribution in [-0.2, 0) is 0 Å². The third-order valence-electron chi connectivity index (χ3n) is 6.50. The number of benzene rings is 1. The Morgan fingerprint density at radius 3 is 2.77 bits per heavy atom. The van der Waals surface area contributed by atoms with Gasteiger partial charge in [0.2, 0.25) is 0 Å². The number of H-pyrrole nitrogens is 1. The molecule has 0 radical (unpaired) electrons. The van der Waals surface area contributed by atoms with Crippen LogP contribution in [0, 0.1) is 0 Å². The summed E-state index contributed by atoms with van der Waals surface area (Å²) in [7, 11) is 0. The normalized spacial score (nSPS) is 20.9. The van der Waals surface area contributed by atoms with Crippen LogP contribution in [0.5, 0.6) is 0 Å². The van der Waals surface area contributed by atoms with E-state index in [4.69, 9.17) is 9.97 Å². The number of para-hydroxylation sites is 1. The molecule has 1 atom stereocenters. The molecule has 164 valence electrons. The Balaban J connectivity index is 1.53.